The Bertz CT molecular complexity index is 166. The van der Waals surface area contributed by atoms with Crippen LogP contribution in [0.15, 0.2) is 41.2 Å². The molecule has 0 spiro atoms. The van der Waals surface area contributed by atoms with Gasteiger partial charge in [0.1, 0.15) is 0 Å². The molecule has 0 radical (unpaired) electrons. The van der Waals surface area contributed by atoms with Gasteiger partial charge in [-0.15, -0.1) is 0 Å². The molecule has 1 aromatic heterocycles. The Kier molecular flexibility index (Phi) is 7.21. The standard InChI is InChI=1S/C5H5N.C3H4Cl2/c1-2-4-6-5-3-1;1-3(5)2-4/h1-5H;2H,1H3. The molecule has 0 unspecified atom stereocenters. The SMILES string of the molecule is CC(Cl)=CCl.c1ccncc1. The van der Waals surface area contributed by atoms with Crippen molar-refractivity contribution in [3.63, 3.8) is 0 Å². The molecule has 11 heavy (non-hydrogen) atoms. The molecular formula is C8H9Cl2N. The molecule has 60 valence electrons. The second-order valence-electron chi connectivity index (χ2n) is 1.72. The summed E-state index contributed by atoms with van der Waals surface area (Å²) in [6.07, 6.45) is 3.50. The van der Waals surface area contributed by atoms with Gasteiger partial charge in [-0.1, -0.05) is 29.3 Å². The smallest absolute Gasteiger partial charge is 0.0267 e. The van der Waals surface area contributed by atoms with Crippen LogP contribution in [0.2, 0.25) is 0 Å². The molecular weight excluding hydrogens is 181 g/mol. The van der Waals surface area contributed by atoms with Crippen LogP contribution >= 0.6 is 23.2 Å². The number of hydrogen-bond donors (Lipinski definition) is 0. The summed E-state index contributed by atoms with van der Waals surface area (Å²) in [5.74, 6) is 0. The lowest BCUT2D eigenvalue weighted by Crippen LogP contribution is -1.58. The highest BCUT2D eigenvalue weighted by molar-refractivity contribution is 6.36. The van der Waals surface area contributed by atoms with Gasteiger partial charge in [-0.05, 0) is 19.1 Å². The van der Waals surface area contributed by atoms with Crippen molar-refractivity contribution in [1.82, 2.24) is 4.98 Å². The maximum Gasteiger partial charge on any atom is 0.0267 e. The summed E-state index contributed by atoms with van der Waals surface area (Å²) in [5.41, 5.74) is 1.32. The Morgan fingerprint density at radius 3 is 1.82 bits per heavy atom. The molecule has 0 saturated heterocycles. The van der Waals surface area contributed by atoms with Crippen molar-refractivity contribution >= 4 is 23.2 Å². The fourth-order valence-corrected chi connectivity index (χ4v) is 0.313. The van der Waals surface area contributed by atoms with Gasteiger partial charge in [-0.25, -0.2) is 0 Å². The number of pyridine rings is 1. The van der Waals surface area contributed by atoms with E-state index in [0.29, 0.717) is 5.03 Å². The summed E-state index contributed by atoms with van der Waals surface area (Å²) in [6, 6.07) is 5.72. The van der Waals surface area contributed by atoms with Crippen LogP contribution in [0.5, 0.6) is 0 Å². The lowest BCUT2D eigenvalue weighted by Gasteiger charge is -1.70. The number of aromatic nitrogens is 1. The van der Waals surface area contributed by atoms with E-state index in [4.69, 9.17) is 23.2 Å². The minimum atomic E-state index is 0.617. The minimum absolute atomic E-state index is 0.617. The van der Waals surface area contributed by atoms with Gasteiger partial charge in [-0.2, -0.15) is 0 Å². The molecule has 0 amide bonds. The lowest BCUT2D eigenvalue weighted by atomic mass is 10.5. The second kappa shape index (κ2) is 7.58. The minimum Gasteiger partial charge on any atom is -0.265 e. The quantitative estimate of drug-likeness (QED) is 0.610. The van der Waals surface area contributed by atoms with E-state index < -0.39 is 0 Å². The first kappa shape index (κ1) is 10.5. The summed E-state index contributed by atoms with van der Waals surface area (Å²) >= 11 is 10.2. The van der Waals surface area contributed by atoms with Crippen molar-refractivity contribution in [2.75, 3.05) is 0 Å². The van der Waals surface area contributed by atoms with Crippen LogP contribution in [0, 0.1) is 0 Å². The average Bonchev–Trinajstić information content (AvgIpc) is 2.09. The molecule has 1 aromatic rings. The van der Waals surface area contributed by atoms with E-state index in [-0.39, 0.29) is 0 Å². The summed E-state index contributed by atoms with van der Waals surface area (Å²) in [5, 5.41) is 0.617. The molecule has 1 heterocycles. The second-order valence-corrected chi connectivity index (χ2v) is 2.53. The van der Waals surface area contributed by atoms with E-state index in [0.717, 1.165) is 0 Å². The van der Waals surface area contributed by atoms with Crippen LogP contribution in [0.1, 0.15) is 6.92 Å². The zero-order valence-electron chi connectivity index (χ0n) is 6.17. The third-order valence-corrected chi connectivity index (χ3v) is 1.26. The third-order valence-electron chi connectivity index (χ3n) is 0.717. The molecule has 1 nitrogen and oxygen atoms in total. The number of nitrogens with zero attached hydrogens (tertiary/aromatic N) is 1. The highest BCUT2D eigenvalue weighted by Crippen LogP contribution is 1.97. The van der Waals surface area contributed by atoms with E-state index in [1.807, 2.05) is 18.2 Å². The first-order valence-electron chi connectivity index (χ1n) is 3.05. The molecule has 1 rings (SSSR count). The molecule has 0 saturated carbocycles. The highest BCUT2D eigenvalue weighted by atomic mass is 35.5. The van der Waals surface area contributed by atoms with Crippen LogP contribution in [0.4, 0.5) is 0 Å². The van der Waals surface area contributed by atoms with E-state index >= 15 is 0 Å². The monoisotopic (exact) mass is 189 g/mol. The van der Waals surface area contributed by atoms with Crippen molar-refractivity contribution in [2.45, 2.75) is 6.92 Å². The molecule has 0 fully saturated rings. The van der Waals surface area contributed by atoms with Gasteiger partial charge in [0.05, 0.1) is 0 Å². The molecule has 0 atom stereocenters. The van der Waals surface area contributed by atoms with Gasteiger partial charge in [0.25, 0.3) is 0 Å². The zero-order chi connectivity index (χ0) is 8.53. The van der Waals surface area contributed by atoms with Crippen LogP contribution in [-0.2, 0) is 0 Å². The predicted octanol–water partition coefficient (Wildman–Crippen LogP) is 3.41. The Morgan fingerprint density at radius 1 is 1.27 bits per heavy atom. The van der Waals surface area contributed by atoms with Gasteiger partial charge in [0.2, 0.25) is 0 Å². The number of halogens is 2. The van der Waals surface area contributed by atoms with Gasteiger partial charge in [-0.3, -0.25) is 4.98 Å². The maximum absolute atomic E-state index is 5.19. The van der Waals surface area contributed by atoms with Crippen LogP contribution in [0.25, 0.3) is 0 Å². The van der Waals surface area contributed by atoms with Crippen molar-refractivity contribution in [1.29, 1.82) is 0 Å². The molecule has 0 bridgehead atoms. The van der Waals surface area contributed by atoms with Gasteiger partial charge in [0, 0.05) is 23.0 Å². The van der Waals surface area contributed by atoms with E-state index in [1.54, 1.807) is 19.3 Å². The molecule has 0 aliphatic carbocycles. The van der Waals surface area contributed by atoms with Crippen molar-refractivity contribution in [3.05, 3.63) is 41.2 Å². The van der Waals surface area contributed by atoms with E-state index in [9.17, 15) is 0 Å². The predicted molar refractivity (Wildman–Crippen MR) is 49.7 cm³/mol. The summed E-state index contributed by atoms with van der Waals surface area (Å²) < 4.78 is 0. The summed E-state index contributed by atoms with van der Waals surface area (Å²) in [6.45, 7) is 1.72. The molecule has 0 N–H and O–H groups in total. The van der Waals surface area contributed by atoms with Crippen molar-refractivity contribution in [2.24, 2.45) is 0 Å². The van der Waals surface area contributed by atoms with Gasteiger partial charge in [0.15, 0.2) is 0 Å². The Hall–Kier alpha value is -0.530. The molecule has 3 heteroatoms. The Morgan fingerprint density at radius 2 is 1.73 bits per heavy atom. The van der Waals surface area contributed by atoms with Gasteiger partial charge >= 0.3 is 0 Å². The summed E-state index contributed by atoms with van der Waals surface area (Å²) in [4.78, 5) is 3.78. The molecule has 0 aliphatic heterocycles. The van der Waals surface area contributed by atoms with E-state index in [1.165, 1.54) is 5.54 Å². The van der Waals surface area contributed by atoms with Gasteiger partial charge < -0.3 is 0 Å². The molecule has 0 aliphatic rings. The van der Waals surface area contributed by atoms with Crippen LogP contribution < -0.4 is 0 Å². The van der Waals surface area contributed by atoms with Crippen molar-refractivity contribution < 1.29 is 0 Å². The normalized spacial score (nSPS) is 9.91. The number of allylic oxidation sites excluding steroid dienone is 1. The first-order chi connectivity index (χ1) is 5.27. The Balaban J connectivity index is 0.000000187. The molecule has 0 aromatic carbocycles. The van der Waals surface area contributed by atoms with E-state index in [2.05, 4.69) is 4.98 Å². The fraction of sp³-hybridized carbons (Fsp3) is 0.125. The Labute approximate surface area is 76.7 Å². The number of hydrogen-bond acceptors (Lipinski definition) is 1. The topological polar surface area (TPSA) is 12.9 Å². The van der Waals surface area contributed by atoms with Crippen molar-refractivity contribution in [3.8, 4) is 0 Å². The highest BCUT2D eigenvalue weighted by Gasteiger charge is 1.66. The largest absolute Gasteiger partial charge is 0.265 e. The maximum atomic E-state index is 5.19. The van der Waals surface area contributed by atoms with Crippen LogP contribution in [-0.4, -0.2) is 4.98 Å². The average molecular weight is 190 g/mol. The third kappa shape index (κ3) is 9.47. The lowest BCUT2D eigenvalue weighted by molar-refractivity contribution is 1.33. The number of rotatable bonds is 0. The fourth-order valence-electron chi connectivity index (χ4n) is 0.313. The zero-order valence-corrected chi connectivity index (χ0v) is 7.68. The van der Waals surface area contributed by atoms with Crippen LogP contribution in [0.3, 0.4) is 0 Å². The summed E-state index contributed by atoms with van der Waals surface area (Å²) in [7, 11) is 0. The first-order valence-corrected chi connectivity index (χ1v) is 3.86.